The van der Waals surface area contributed by atoms with Crippen LogP contribution in [0.2, 0.25) is 0 Å². The summed E-state index contributed by atoms with van der Waals surface area (Å²) in [4.78, 5) is 5.59. The highest BCUT2D eigenvalue weighted by Crippen LogP contribution is 2.25. The highest BCUT2D eigenvalue weighted by molar-refractivity contribution is 7.18. The Hall–Kier alpha value is -1.56. The molecule has 2 rings (SSSR count). The van der Waals surface area contributed by atoms with Crippen LogP contribution < -0.4 is 4.90 Å². The van der Waals surface area contributed by atoms with Gasteiger partial charge in [0.15, 0.2) is 5.01 Å². The van der Waals surface area contributed by atoms with Crippen molar-refractivity contribution in [3.63, 3.8) is 0 Å². The van der Waals surface area contributed by atoms with Gasteiger partial charge in [-0.15, -0.1) is 10.2 Å². The second-order valence-electron chi connectivity index (χ2n) is 3.13. The molecule has 0 fully saturated rings. The third-order valence-electron chi connectivity index (χ3n) is 1.73. The molecule has 0 unspecified atom stereocenters. The van der Waals surface area contributed by atoms with Crippen LogP contribution in [0.1, 0.15) is 0 Å². The molecule has 15 heavy (non-hydrogen) atoms. The molecular weight excluding hydrogens is 215 g/mol. The van der Waals surface area contributed by atoms with E-state index in [-0.39, 0.29) is 0 Å². The minimum absolute atomic E-state index is 0.505. The van der Waals surface area contributed by atoms with Crippen LogP contribution in [0.25, 0.3) is 10.7 Å². The van der Waals surface area contributed by atoms with Crippen LogP contribution in [-0.4, -0.2) is 29.3 Å². The van der Waals surface area contributed by atoms with E-state index in [9.17, 15) is 4.39 Å². The second-order valence-corrected chi connectivity index (χ2v) is 4.09. The summed E-state index contributed by atoms with van der Waals surface area (Å²) in [5, 5.41) is 9.30. The minimum Gasteiger partial charge on any atom is -0.353 e. The number of anilines is 1. The van der Waals surface area contributed by atoms with Crippen LogP contribution in [0.5, 0.6) is 0 Å². The fourth-order valence-electron chi connectivity index (χ4n) is 1.03. The molecule has 0 aliphatic heterocycles. The molecule has 0 spiro atoms. The first-order valence-electron chi connectivity index (χ1n) is 4.30. The molecule has 0 amide bonds. The number of pyridine rings is 1. The lowest BCUT2D eigenvalue weighted by Gasteiger charge is -2.03. The van der Waals surface area contributed by atoms with Crippen molar-refractivity contribution in [2.45, 2.75) is 0 Å². The van der Waals surface area contributed by atoms with Crippen LogP contribution in [0.4, 0.5) is 9.52 Å². The van der Waals surface area contributed by atoms with Crippen molar-refractivity contribution in [2.75, 3.05) is 19.0 Å². The van der Waals surface area contributed by atoms with E-state index in [2.05, 4.69) is 15.2 Å². The predicted molar refractivity (Wildman–Crippen MR) is 57.4 cm³/mol. The summed E-state index contributed by atoms with van der Waals surface area (Å²) in [5.41, 5.74) is 0.514. The van der Waals surface area contributed by atoms with Crippen LogP contribution in [0.15, 0.2) is 18.2 Å². The first kappa shape index (κ1) is 9.97. The number of hydrogen-bond donors (Lipinski definition) is 0. The SMILES string of the molecule is CN(C)c1nnc(-c2cccc(F)n2)s1. The fraction of sp³-hybridized carbons (Fsp3) is 0.222. The molecule has 2 heterocycles. The fourth-order valence-corrected chi connectivity index (χ4v) is 1.76. The Labute approximate surface area is 90.4 Å². The van der Waals surface area contributed by atoms with Gasteiger partial charge >= 0.3 is 0 Å². The molecule has 2 aromatic heterocycles. The number of hydrogen-bond acceptors (Lipinski definition) is 5. The Morgan fingerprint density at radius 2 is 2.07 bits per heavy atom. The van der Waals surface area contributed by atoms with Gasteiger partial charge in [0, 0.05) is 14.1 Å². The van der Waals surface area contributed by atoms with E-state index >= 15 is 0 Å². The first-order chi connectivity index (χ1) is 7.16. The third-order valence-corrected chi connectivity index (χ3v) is 2.84. The lowest BCUT2D eigenvalue weighted by molar-refractivity contribution is 0.585. The smallest absolute Gasteiger partial charge is 0.213 e. The van der Waals surface area contributed by atoms with Gasteiger partial charge < -0.3 is 4.90 Å². The molecule has 78 valence electrons. The van der Waals surface area contributed by atoms with Gasteiger partial charge in [0.25, 0.3) is 0 Å². The summed E-state index contributed by atoms with van der Waals surface area (Å²) in [7, 11) is 3.76. The number of halogens is 1. The summed E-state index contributed by atoms with van der Waals surface area (Å²) >= 11 is 1.38. The maximum Gasteiger partial charge on any atom is 0.213 e. The van der Waals surface area contributed by atoms with E-state index < -0.39 is 5.95 Å². The summed E-state index contributed by atoms with van der Waals surface area (Å²) in [6.07, 6.45) is 0. The molecule has 0 aliphatic rings. The van der Waals surface area contributed by atoms with Gasteiger partial charge in [-0.05, 0) is 12.1 Å². The first-order valence-corrected chi connectivity index (χ1v) is 5.12. The molecule has 0 N–H and O–H groups in total. The highest BCUT2D eigenvalue weighted by Gasteiger charge is 2.09. The number of rotatable bonds is 2. The molecular formula is C9H9FN4S. The van der Waals surface area contributed by atoms with Gasteiger partial charge in [0.2, 0.25) is 11.1 Å². The Morgan fingerprint density at radius 3 is 2.67 bits per heavy atom. The van der Waals surface area contributed by atoms with E-state index in [1.165, 1.54) is 17.4 Å². The molecule has 0 saturated heterocycles. The average molecular weight is 224 g/mol. The number of aromatic nitrogens is 3. The predicted octanol–water partition coefficient (Wildman–Crippen LogP) is 1.81. The topological polar surface area (TPSA) is 41.9 Å². The Bertz CT molecular complexity index is 469. The van der Waals surface area contributed by atoms with E-state index in [0.29, 0.717) is 10.7 Å². The van der Waals surface area contributed by atoms with Gasteiger partial charge in [-0.25, -0.2) is 4.98 Å². The maximum atomic E-state index is 12.9. The molecule has 0 aliphatic carbocycles. The highest BCUT2D eigenvalue weighted by atomic mass is 32.1. The zero-order chi connectivity index (χ0) is 10.8. The van der Waals surface area contributed by atoms with Crippen molar-refractivity contribution < 1.29 is 4.39 Å². The molecule has 2 aromatic rings. The monoisotopic (exact) mass is 224 g/mol. The Morgan fingerprint density at radius 1 is 1.27 bits per heavy atom. The van der Waals surface area contributed by atoms with Crippen molar-refractivity contribution in [3.05, 3.63) is 24.1 Å². The lowest BCUT2D eigenvalue weighted by Crippen LogP contribution is -2.07. The van der Waals surface area contributed by atoms with Crippen LogP contribution in [0, 0.1) is 5.95 Å². The largest absolute Gasteiger partial charge is 0.353 e. The maximum absolute atomic E-state index is 12.9. The minimum atomic E-state index is -0.505. The molecule has 0 saturated carbocycles. The van der Waals surface area contributed by atoms with Gasteiger partial charge in [-0.3, -0.25) is 0 Å². The molecule has 0 atom stereocenters. The Balaban J connectivity index is 2.37. The summed E-state index contributed by atoms with van der Waals surface area (Å²) in [6.45, 7) is 0. The molecule has 0 aromatic carbocycles. The molecule has 6 heteroatoms. The zero-order valence-corrected chi connectivity index (χ0v) is 9.12. The van der Waals surface area contributed by atoms with E-state index in [0.717, 1.165) is 5.13 Å². The summed E-state index contributed by atoms with van der Waals surface area (Å²) in [6, 6.07) is 4.62. The van der Waals surface area contributed by atoms with Crippen molar-refractivity contribution in [1.82, 2.24) is 15.2 Å². The zero-order valence-electron chi connectivity index (χ0n) is 8.31. The quantitative estimate of drug-likeness (QED) is 0.729. The number of nitrogens with zero attached hydrogens (tertiary/aromatic N) is 4. The van der Waals surface area contributed by atoms with Gasteiger partial charge in [0.1, 0.15) is 5.69 Å². The van der Waals surface area contributed by atoms with Crippen LogP contribution in [-0.2, 0) is 0 Å². The van der Waals surface area contributed by atoms with Crippen LogP contribution in [0.3, 0.4) is 0 Å². The molecule has 4 nitrogen and oxygen atoms in total. The van der Waals surface area contributed by atoms with E-state index in [1.807, 2.05) is 19.0 Å². The van der Waals surface area contributed by atoms with Crippen molar-refractivity contribution >= 4 is 16.5 Å². The van der Waals surface area contributed by atoms with Crippen molar-refractivity contribution in [1.29, 1.82) is 0 Å². The van der Waals surface area contributed by atoms with Crippen molar-refractivity contribution in [3.8, 4) is 10.7 Å². The van der Waals surface area contributed by atoms with E-state index in [4.69, 9.17) is 0 Å². The van der Waals surface area contributed by atoms with Gasteiger partial charge in [-0.2, -0.15) is 4.39 Å². The van der Waals surface area contributed by atoms with Crippen LogP contribution >= 0.6 is 11.3 Å². The Kier molecular flexibility index (Phi) is 2.59. The van der Waals surface area contributed by atoms with Gasteiger partial charge in [0.05, 0.1) is 0 Å². The summed E-state index contributed by atoms with van der Waals surface area (Å²) in [5.74, 6) is -0.505. The third kappa shape index (κ3) is 2.10. The second kappa shape index (κ2) is 3.90. The lowest BCUT2D eigenvalue weighted by atomic mass is 10.4. The molecule has 0 bridgehead atoms. The molecule has 0 radical (unpaired) electrons. The normalized spacial score (nSPS) is 10.3. The average Bonchev–Trinajstić information content (AvgIpc) is 2.66. The van der Waals surface area contributed by atoms with Gasteiger partial charge in [-0.1, -0.05) is 17.4 Å². The van der Waals surface area contributed by atoms with E-state index in [1.54, 1.807) is 12.1 Å². The van der Waals surface area contributed by atoms with Crippen molar-refractivity contribution in [2.24, 2.45) is 0 Å². The summed E-state index contributed by atoms with van der Waals surface area (Å²) < 4.78 is 12.9. The standard InChI is InChI=1S/C9H9FN4S/c1-14(2)9-13-12-8(15-9)6-4-3-5-7(10)11-6/h3-5H,1-2H3.